The number of benzene rings is 1. The number of alkyl halides is 1. The molecule has 0 saturated carbocycles. The minimum Gasteiger partial charge on any atom is -0.347 e. The van der Waals surface area contributed by atoms with Gasteiger partial charge in [-0.05, 0) is 43.0 Å². The summed E-state index contributed by atoms with van der Waals surface area (Å²) < 4.78 is 0. The summed E-state index contributed by atoms with van der Waals surface area (Å²) in [5.74, 6) is -0.0686. The van der Waals surface area contributed by atoms with Crippen molar-refractivity contribution < 1.29 is 4.79 Å². The first-order valence-electron chi connectivity index (χ1n) is 7.20. The summed E-state index contributed by atoms with van der Waals surface area (Å²) in [7, 11) is 2.15. The number of likely N-dealkylation sites (tertiary alicyclic amines) is 1. The maximum absolute atomic E-state index is 11.8. The van der Waals surface area contributed by atoms with Crippen molar-refractivity contribution in [2.45, 2.75) is 37.3 Å². The van der Waals surface area contributed by atoms with Crippen LogP contribution in [0.15, 0.2) is 24.3 Å². The molecule has 0 radical (unpaired) electrons. The smallest absolute Gasteiger partial charge is 0.235 e. The minimum atomic E-state index is -0.0888. The zero-order valence-corrected chi connectivity index (χ0v) is 12.8. The van der Waals surface area contributed by atoms with Gasteiger partial charge < -0.3 is 10.2 Å². The Morgan fingerprint density at radius 3 is 3.00 bits per heavy atom. The number of hydrogen-bond donors (Lipinski definition) is 1. The van der Waals surface area contributed by atoms with Gasteiger partial charge in [-0.25, -0.2) is 0 Å². The summed E-state index contributed by atoms with van der Waals surface area (Å²) in [4.78, 5) is 14.1. The molecule has 1 aliphatic carbocycles. The van der Waals surface area contributed by atoms with Crippen molar-refractivity contribution in [2.24, 2.45) is 0 Å². The van der Waals surface area contributed by atoms with Crippen LogP contribution in [0.2, 0.25) is 0 Å². The summed E-state index contributed by atoms with van der Waals surface area (Å²) in [5, 5.41) is 3.12. The lowest BCUT2D eigenvalue weighted by atomic mass is 9.63. The van der Waals surface area contributed by atoms with E-state index in [1.807, 2.05) is 0 Å². The molecule has 1 aromatic carbocycles. The predicted molar refractivity (Wildman–Crippen MR) is 81.0 cm³/mol. The molecular weight excluding hydrogens is 272 g/mol. The molecule has 108 valence electrons. The fourth-order valence-corrected chi connectivity index (χ4v) is 3.91. The van der Waals surface area contributed by atoms with Gasteiger partial charge in [-0.1, -0.05) is 31.2 Å². The average molecular weight is 293 g/mol. The first-order chi connectivity index (χ1) is 9.55. The molecule has 20 heavy (non-hydrogen) atoms. The maximum Gasteiger partial charge on any atom is 0.235 e. The van der Waals surface area contributed by atoms with Gasteiger partial charge in [0.25, 0.3) is 0 Å². The normalized spacial score (nSPS) is 32.5. The van der Waals surface area contributed by atoms with Gasteiger partial charge in [0, 0.05) is 6.04 Å². The number of carbonyl (C=O) groups excluding carboxylic acids is 1. The molecule has 1 heterocycles. The molecule has 4 heteroatoms. The van der Waals surface area contributed by atoms with Crippen LogP contribution in [0.4, 0.5) is 0 Å². The van der Waals surface area contributed by atoms with E-state index in [1.165, 1.54) is 17.5 Å². The SMILES string of the molecule is CN1CCC2(C)CC1[C@H](NC(=O)CCl)c1ccccc12. The maximum atomic E-state index is 11.8. The number of piperidine rings is 1. The molecule has 1 aliphatic heterocycles. The fourth-order valence-electron chi connectivity index (χ4n) is 3.84. The molecule has 1 saturated heterocycles. The van der Waals surface area contributed by atoms with E-state index in [0.717, 1.165) is 13.0 Å². The van der Waals surface area contributed by atoms with Crippen LogP contribution in [0, 0.1) is 0 Å². The zero-order valence-electron chi connectivity index (χ0n) is 12.0. The summed E-state index contributed by atoms with van der Waals surface area (Å²) in [6.07, 6.45) is 2.26. The number of carbonyl (C=O) groups is 1. The van der Waals surface area contributed by atoms with Crippen LogP contribution in [0.1, 0.15) is 36.9 Å². The highest BCUT2D eigenvalue weighted by Gasteiger charge is 2.46. The summed E-state index contributed by atoms with van der Waals surface area (Å²) >= 11 is 5.67. The lowest BCUT2D eigenvalue weighted by Gasteiger charge is -2.52. The Bertz CT molecular complexity index is 533. The second-order valence-electron chi connectivity index (χ2n) is 6.33. The second kappa shape index (κ2) is 5.05. The Kier molecular flexibility index (Phi) is 3.51. The predicted octanol–water partition coefficient (Wildman–Crippen LogP) is 2.45. The fraction of sp³-hybridized carbons (Fsp3) is 0.562. The third-order valence-corrected chi connectivity index (χ3v) is 5.25. The Morgan fingerprint density at radius 1 is 1.50 bits per heavy atom. The lowest BCUT2D eigenvalue weighted by Crippen LogP contribution is -2.56. The van der Waals surface area contributed by atoms with E-state index in [2.05, 4.69) is 48.5 Å². The van der Waals surface area contributed by atoms with E-state index >= 15 is 0 Å². The van der Waals surface area contributed by atoms with Gasteiger partial charge in [-0.15, -0.1) is 11.6 Å². The van der Waals surface area contributed by atoms with Crippen molar-refractivity contribution in [3.63, 3.8) is 0 Å². The first kappa shape index (κ1) is 13.9. The number of nitrogens with one attached hydrogen (secondary N) is 1. The Morgan fingerprint density at radius 2 is 2.25 bits per heavy atom. The molecule has 3 atom stereocenters. The van der Waals surface area contributed by atoms with Gasteiger partial charge in [0.05, 0.1) is 6.04 Å². The zero-order chi connectivity index (χ0) is 14.3. The van der Waals surface area contributed by atoms with Gasteiger partial charge in [0.2, 0.25) is 5.91 Å². The van der Waals surface area contributed by atoms with Crippen molar-refractivity contribution in [1.82, 2.24) is 10.2 Å². The van der Waals surface area contributed by atoms with Crippen LogP contribution >= 0.6 is 11.6 Å². The molecule has 3 rings (SSSR count). The first-order valence-corrected chi connectivity index (χ1v) is 7.73. The van der Waals surface area contributed by atoms with Crippen molar-refractivity contribution >= 4 is 17.5 Å². The van der Waals surface area contributed by atoms with E-state index in [0.29, 0.717) is 6.04 Å². The molecule has 1 aromatic rings. The van der Waals surface area contributed by atoms with Gasteiger partial charge in [0.15, 0.2) is 0 Å². The summed E-state index contributed by atoms with van der Waals surface area (Å²) in [6, 6.07) is 8.94. The molecule has 2 bridgehead atoms. The van der Waals surface area contributed by atoms with E-state index in [9.17, 15) is 4.79 Å². The van der Waals surface area contributed by atoms with E-state index in [-0.39, 0.29) is 23.2 Å². The van der Waals surface area contributed by atoms with Crippen LogP contribution < -0.4 is 5.32 Å². The van der Waals surface area contributed by atoms with Crippen LogP contribution in [0.3, 0.4) is 0 Å². The molecule has 1 N–H and O–H groups in total. The third-order valence-electron chi connectivity index (χ3n) is 5.01. The van der Waals surface area contributed by atoms with Gasteiger partial charge in [0.1, 0.15) is 5.88 Å². The highest BCUT2D eigenvalue weighted by atomic mass is 35.5. The van der Waals surface area contributed by atoms with Crippen molar-refractivity contribution in [2.75, 3.05) is 19.5 Å². The van der Waals surface area contributed by atoms with Gasteiger partial charge in [-0.3, -0.25) is 4.79 Å². The van der Waals surface area contributed by atoms with Crippen LogP contribution in [-0.4, -0.2) is 36.3 Å². The summed E-state index contributed by atoms with van der Waals surface area (Å²) in [5.41, 5.74) is 2.89. The highest BCUT2D eigenvalue weighted by molar-refractivity contribution is 6.27. The topological polar surface area (TPSA) is 32.3 Å². The van der Waals surface area contributed by atoms with Crippen LogP contribution in [0.5, 0.6) is 0 Å². The van der Waals surface area contributed by atoms with Crippen LogP contribution in [-0.2, 0) is 10.2 Å². The standard InChI is InChI=1S/C16H21ClN2O/c1-16-7-8-19(2)13(9-16)15(18-14(20)10-17)11-5-3-4-6-12(11)16/h3-6,13,15H,7-10H2,1-2H3,(H,18,20)/t13?,15-,16?/m1/s1. The molecular formula is C16H21ClN2O. The molecule has 0 aromatic heterocycles. The number of nitrogens with zero attached hydrogens (tertiary/aromatic N) is 1. The molecule has 1 amide bonds. The van der Waals surface area contributed by atoms with Crippen molar-refractivity contribution in [3.05, 3.63) is 35.4 Å². The number of hydrogen-bond acceptors (Lipinski definition) is 2. The monoisotopic (exact) mass is 292 g/mol. The Labute approximate surface area is 125 Å². The van der Waals surface area contributed by atoms with Crippen molar-refractivity contribution in [3.8, 4) is 0 Å². The molecule has 1 fully saturated rings. The van der Waals surface area contributed by atoms with Gasteiger partial charge in [-0.2, -0.15) is 0 Å². The Hall–Kier alpha value is -1.06. The van der Waals surface area contributed by atoms with E-state index in [4.69, 9.17) is 11.6 Å². The molecule has 0 spiro atoms. The molecule has 2 aliphatic rings. The third kappa shape index (κ3) is 2.13. The second-order valence-corrected chi connectivity index (χ2v) is 6.60. The van der Waals surface area contributed by atoms with Crippen molar-refractivity contribution in [1.29, 1.82) is 0 Å². The number of rotatable bonds is 2. The highest BCUT2D eigenvalue weighted by Crippen LogP contribution is 2.48. The van der Waals surface area contributed by atoms with Gasteiger partial charge >= 0.3 is 0 Å². The lowest BCUT2D eigenvalue weighted by molar-refractivity contribution is -0.120. The van der Waals surface area contributed by atoms with E-state index < -0.39 is 0 Å². The number of fused-ring (bicyclic) bond motifs is 4. The number of halogens is 1. The van der Waals surface area contributed by atoms with E-state index in [1.54, 1.807) is 0 Å². The average Bonchev–Trinajstić information content (AvgIpc) is 2.47. The minimum absolute atomic E-state index is 0.0202. The molecule has 3 nitrogen and oxygen atoms in total. The number of amides is 1. The summed E-state index contributed by atoms with van der Waals surface area (Å²) in [6.45, 7) is 3.42. The quantitative estimate of drug-likeness (QED) is 0.849. The van der Waals surface area contributed by atoms with Crippen LogP contribution in [0.25, 0.3) is 0 Å². The Balaban J connectivity index is 2.05. The molecule has 2 unspecified atom stereocenters. The number of likely N-dealkylation sites (N-methyl/N-ethyl adjacent to an activating group) is 1. The largest absolute Gasteiger partial charge is 0.347 e.